The van der Waals surface area contributed by atoms with Gasteiger partial charge in [-0.2, -0.15) is 0 Å². The van der Waals surface area contributed by atoms with Gasteiger partial charge in [-0.1, -0.05) is 24.3 Å². The van der Waals surface area contributed by atoms with Crippen LogP contribution in [-0.2, 0) is 9.99 Å². The van der Waals surface area contributed by atoms with Crippen molar-refractivity contribution < 1.29 is 0 Å². The molecule has 1 aromatic rings. The average Bonchev–Trinajstić information content (AvgIpc) is 3.01. The molecule has 0 spiro atoms. The third kappa shape index (κ3) is 1.73. The minimum atomic E-state index is -1.05. The average molecular weight is 278 g/mol. The van der Waals surface area contributed by atoms with E-state index in [4.69, 9.17) is 0 Å². The van der Waals surface area contributed by atoms with Crippen molar-refractivity contribution in [1.29, 1.82) is 0 Å². The van der Waals surface area contributed by atoms with E-state index in [2.05, 4.69) is 66.6 Å². The summed E-state index contributed by atoms with van der Waals surface area (Å²) in [5.41, 5.74) is 1.48. The fourth-order valence-electron chi connectivity index (χ4n) is 1.52. The molecule has 1 aromatic carbocycles. The third-order valence-electron chi connectivity index (χ3n) is 2.48. The number of nitrogens with zero attached hydrogens (tertiary/aromatic N) is 8. The summed E-state index contributed by atoms with van der Waals surface area (Å²) in [6.45, 7) is 0. The molecule has 2 heterocycles. The first kappa shape index (κ1) is 11.4. The number of hydrogen-bond acceptors (Lipinski definition) is 10. The Hall–Kier alpha value is -1.68. The molecule has 0 saturated carbocycles. The second-order valence-electron chi connectivity index (χ2n) is 3.61. The van der Waals surface area contributed by atoms with Gasteiger partial charge in [0.2, 0.25) is 0 Å². The molecule has 18 heavy (non-hydrogen) atoms. The van der Waals surface area contributed by atoms with Gasteiger partial charge in [0.05, 0.1) is 0 Å². The smallest absolute Gasteiger partial charge is 0.118 e. The van der Waals surface area contributed by atoms with Crippen LogP contribution in [0.2, 0.25) is 0 Å². The van der Waals surface area contributed by atoms with E-state index < -0.39 is 9.99 Å². The first-order chi connectivity index (χ1) is 8.62. The van der Waals surface area contributed by atoms with E-state index in [0.29, 0.717) is 0 Å². The van der Waals surface area contributed by atoms with E-state index in [1.165, 1.54) is 0 Å². The minimum absolute atomic E-state index is 0.739. The van der Waals surface area contributed by atoms with Crippen molar-refractivity contribution in [2.75, 3.05) is 0 Å². The maximum Gasteiger partial charge on any atom is 0.262 e. The highest BCUT2D eigenvalue weighted by Crippen LogP contribution is 2.39. The summed E-state index contributed by atoms with van der Waals surface area (Å²) in [5, 5.41) is 29.1. The number of rotatable bonds is 2. The molecule has 10 heteroatoms. The molecule has 0 bridgehead atoms. The molecule has 0 aromatic heterocycles. The summed E-state index contributed by atoms with van der Waals surface area (Å²) in [5.74, 6) is 0. The van der Waals surface area contributed by atoms with E-state index in [1.54, 1.807) is 24.3 Å². The molecular formula is C8H6N8S2. The van der Waals surface area contributed by atoms with Crippen molar-refractivity contribution in [2.45, 2.75) is 9.99 Å². The van der Waals surface area contributed by atoms with E-state index in [1.807, 2.05) is 0 Å². The van der Waals surface area contributed by atoms with Crippen LogP contribution in [-0.4, -0.2) is 0 Å². The lowest BCUT2D eigenvalue weighted by molar-refractivity contribution is 0.681. The second kappa shape index (κ2) is 3.92. The van der Waals surface area contributed by atoms with Crippen LogP contribution in [0, 0.1) is 0 Å². The summed E-state index contributed by atoms with van der Waals surface area (Å²) in [6, 6.07) is 7.14. The summed E-state index contributed by atoms with van der Waals surface area (Å²) in [6.07, 6.45) is 0. The zero-order chi connectivity index (χ0) is 12.6. The fourth-order valence-corrected chi connectivity index (χ4v) is 1.98. The zero-order valence-corrected chi connectivity index (χ0v) is 10.6. The van der Waals surface area contributed by atoms with Crippen LogP contribution in [0.15, 0.2) is 65.6 Å². The lowest BCUT2D eigenvalue weighted by Gasteiger charge is -2.16. The van der Waals surface area contributed by atoms with Gasteiger partial charge in [0.15, 0.2) is 0 Å². The molecule has 0 radical (unpaired) electrons. The summed E-state index contributed by atoms with van der Waals surface area (Å²) in [4.78, 5) is -2.11. The Bertz CT molecular complexity index is 513. The quantitative estimate of drug-likeness (QED) is 0.775. The van der Waals surface area contributed by atoms with Gasteiger partial charge in [0.25, 0.3) is 9.99 Å². The normalized spacial score (nSPS) is 21.9. The van der Waals surface area contributed by atoms with Crippen LogP contribution in [0.4, 0.5) is 0 Å². The second-order valence-corrected chi connectivity index (χ2v) is 4.85. The van der Waals surface area contributed by atoms with Gasteiger partial charge in [-0.05, 0) is 20.9 Å². The predicted octanol–water partition coefficient (Wildman–Crippen LogP) is 3.43. The molecule has 8 nitrogen and oxygen atoms in total. The van der Waals surface area contributed by atoms with Crippen LogP contribution in [0.5, 0.6) is 0 Å². The zero-order valence-electron chi connectivity index (χ0n) is 8.78. The van der Waals surface area contributed by atoms with Crippen LogP contribution in [0.25, 0.3) is 0 Å². The molecule has 2 aliphatic heterocycles. The van der Waals surface area contributed by atoms with Gasteiger partial charge in [0.1, 0.15) is 0 Å². The number of thiol groups is 2. The van der Waals surface area contributed by atoms with E-state index in [-0.39, 0.29) is 0 Å². The summed E-state index contributed by atoms with van der Waals surface area (Å²) < 4.78 is 0. The lowest BCUT2D eigenvalue weighted by atomic mass is 10.1. The van der Waals surface area contributed by atoms with E-state index in [0.717, 1.165) is 11.1 Å². The van der Waals surface area contributed by atoms with Crippen molar-refractivity contribution in [1.82, 2.24) is 0 Å². The maximum atomic E-state index is 4.31. The topological polar surface area (TPSA) is 98.9 Å². The Morgan fingerprint density at radius 3 is 1.17 bits per heavy atom. The van der Waals surface area contributed by atoms with Crippen molar-refractivity contribution in [2.24, 2.45) is 41.4 Å². The van der Waals surface area contributed by atoms with Crippen LogP contribution in [0.1, 0.15) is 11.1 Å². The minimum Gasteiger partial charge on any atom is -0.118 e. The Labute approximate surface area is 112 Å². The van der Waals surface area contributed by atoms with Crippen molar-refractivity contribution in [3.05, 3.63) is 35.4 Å². The van der Waals surface area contributed by atoms with Gasteiger partial charge in [0, 0.05) is 11.1 Å². The van der Waals surface area contributed by atoms with Gasteiger partial charge in [-0.3, -0.25) is 0 Å². The van der Waals surface area contributed by atoms with Crippen molar-refractivity contribution in [3.8, 4) is 0 Å². The molecule has 0 atom stereocenters. The first-order valence-corrected chi connectivity index (χ1v) is 5.76. The molecule has 0 fully saturated rings. The van der Waals surface area contributed by atoms with Crippen molar-refractivity contribution >= 4 is 25.3 Å². The van der Waals surface area contributed by atoms with Crippen molar-refractivity contribution in [3.63, 3.8) is 0 Å². The molecule has 2 aliphatic rings. The highest BCUT2D eigenvalue weighted by Gasteiger charge is 2.34. The SMILES string of the molecule is SC1(c2ccc(C3(S)N=NN=N3)cc2)N=NN=N1. The van der Waals surface area contributed by atoms with Gasteiger partial charge in [-0.25, -0.2) is 0 Å². The van der Waals surface area contributed by atoms with Crippen LogP contribution in [0.3, 0.4) is 0 Å². The third-order valence-corrected chi connectivity index (χ3v) is 3.35. The molecule has 3 rings (SSSR count). The van der Waals surface area contributed by atoms with Crippen LogP contribution < -0.4 is 0 Å². The first-order valence-electron chi connectivity index (χ1n) is 4.86. The number of hydrogen-bond donors (Lipinski definition) is 2. The monoisotopic (exact) mass is 278 g/mol. The Morgan fingerprint density at radius 1 is 0.611 bits per heavy atom. The highest BCUT2D eigenvalue weighted by atomic mass is 32.1. The van der Waals surface area contributed by atoms with Gasteiger partial charge < -0.3 is 0 Å². The summed E-state index contributed by atoms with van der Waals surface area (Å²) in [7, 11) is 0. The van der Waals surface area contributed by atoms with Gasteiger partial charge in [-0.15, -0.1) is 45.7 Å². The maximum absolute atomic E-state index is 4.31. The molecule has 0 amide bonds. The lowest BCUT2D eigenvalue weighted by Crippen LogP contribution is -2.12. The number of benzene rings is 1. The predicted molar refractivity (Wildman–Crippen MR) is 67.2 cm³/mol. The molecule has 90 valence electrons. The summed E-state index contributed by atoms with van der Waals surface area (Å²) >= 11 is 8.62. The Balaban J connectivity index is 1.95. The molecule has 0 unspecified atom stereocenters. The standard InChI is InChI=1S/C8H6N8S2/c17-7(9-13-14-10-7)5-1-2-6(4-3-5)8(18)11-15-16-12-8/h1-4,17-18H. The van der Waals surface area contributed by atoms with E-state index in [9.17, 15) is 0 Å². The van der Waals surface area contributed by atoms with Crippen LogP contribution >= 0.6 is 25.3 Å². The largest absolute Gasteiger partial charge is 0.262 e. The Morgan fingerprint density at radius 2 is 0.889 bits per heavy atom. The fraction of sp³-hybridized carbons (Fsp3) is 0.250. The highest BCUT2D eigenvalue weighted by molar-refractivity contribution is 7.81. The molecule has 0 N–H and O–H groups in total. The molecular weight excluding hydrogens is 272 g/mol. The van der Waals surface area contributed by atoms with Gasteiger partial charge >= 0.3 is 0 Å². The Kier molecular flexibility index (Phi) is 2.48. The molecule has 0 saturated heterocycles. The molecule has 0 aliphatic carbocycles. The van der Waals surface area contributed by atoms with E-state index >= 15 is 0 Å².